The molecule has 0 radical (unpaired) electrons. The standard InChI is InChI=1S/C36H48N2O5Si/c1-26(2)44(27(3)4,36(5,6)7)43-34(40)32(24-29-19-13-9-14-20-29)37-33(39)31(23-28-17-11-8-12-18-28)38-35(41)42-25-30-21-15-10-16-22-30/h8-22,26-27,31-32H,23-25H2,1-7H3,(H,37,39)(H,38,41)/t31-,32-/m0/s1. The lowest BCUT2D eigenvalue weighted by molar-refractivity contribution is -0.141. The van der Waals surface area contributed by atoms with Crippen LogP contribution in [0.25, 0.3) is 0 Å². The molecule has 236 valence electrons. The zero-order valence-corrected chi connectivity index (χ0v) is 28.1. The van der Waals surface area contributed by atoms with Crippen LogP contribution >= 0.6 is 0 Å². The van der Waals surface area contributed by atoms with Gasteiger partial charge in [-0.3, -0.25) is 9.59 Å². The van der Waals surface area contributed by atoms with Crippen molar-refractivity contribution in [3.63, 3.8) is 0 Å². The maximum Gasteiger partial charge on any atom is 0.408 e. The van der Waals surface area contributed by atoms with E-state index < -0.39 is 38.4 Å². The van der Waals surface area contributed by atoms with Gasteiger partial charge in [-0.2, -0.15) is 0 Å². The van der Waals surface area contributed by atoms with E-state index >= 15 is 0 Å². The molecule has 3 rings (SSSR count). The van der Waals surface area contributed by atoms with Crippen LogP contribution in [-0.2, 0) is 38.2 Å². The first-order valence-corrected chi connectivity index (χ1v) is 17.5. The summed E-state index contributed by atoms with van der Waals surface area (Å²) < 4.78 is 12.0. The predicted molar refractivity (Wildman–Crippen MR) is 178 cm³/mol. The molecule has 0 heterocycles. The molecule has 0 saturated heterocycles. The van der Waals surface area contributed by atoms with Gasteiger partial charge in [-0.1, -0.05) is 139 Å². The van der Waals surface area contributed by atoms with E-state index in [-0.39, 0.29) is 35.6 Å². The van der Waals surface area contributed by atoms with Crippen LogP contribution in [0.4, 0.5) is 4.79 Å². The number of alkyl carbamates (subject to hydrolysis) is 1. The first-order chi connectivity index (χ1) is 20.8. The van der Waals surface area contributed by atoms with Crippen LogP contribution < -0.4 is 10.6 Å². The number of amides is 2. The molecular formula is C36H48N2O5Si. The van der Waals surface area contributed by atoms with Gasteiger partial charge in [0, 0.05) is 12.8 Å². The molecule has 2 amide bonds. The van der Waals surface area contributed by atoms with Crippen LogP contribution in [0.2, 0.25) is 16.1 Å². The largest absolute Gasteiger partial charge is 0.516 e. The Kier molecular flexibility index (Phi) is 12.3. The first kappa shape index (κ1) is 34.6. The van der Waals surface area contributed by atoms with Crippen LogP contribution in [0.5, 0.6) is 0 Å². The molecule has 0 aliphatic rings. The molecular weight excluding hydrogens is 568 g/mol. The minimum Gasteiger partial charge on any atom is -0.516 e. The highest BCUT2D eigenvalue weighted by Crippen LogP contribution is 2.50. The Balaban J connectivity index is 1.88. The number of carbonyl (C=O) groups excluding carboxylic acids is 3. The van der Waals surface area contributed by atoms with E-state index in [2.05, 4.69) is 59.1 Å². The molecule has 0 bridgehead atoms. The van der Waals surface area contributed by atoms with Gasteiger partial charge in [-0.05, 0) is 32.8 Å². The van der Waals surface area contributed by atoms with E-state index in [1.165, 1.54) is 0 Å². The lowest BCUT2D eigenvalue weighted by Crippen LogP contribution is -2.58. The quantitative estimate of drug-likeness (QED) is 0.196. The molecule has 8 heteroatoms. The van der Waals surface area contributed by atoms with Gasteiger partial charge in [0.15, 0.2) is 0 Å². The molecule has 2 atom stereocenters. The van der Waals surface area contributed by atoms with Crippen molar-refractivity contribution in [2.75, 3.05) is 0 Å². The van der Waals surface area contributed by atoms with Crippen molar-refractivity contribution >= 4 is 26.3 Å². The Morgan fingerprint density at radius 2 is 1.09 bits per heavy atom. The monoisotopic (exact) mass is 616 g/mol. The second-order valence-electron chi connectivity index (χ2n) is 13.0. The number of nitrogens with one attached hydrogen (secondary N) is 2. The van der Waals surface area contributed by atoms with Crippen LogP contribution in [0, 0.1) is 0 Å². The van der Waals surface area contributed by atoms with Crippen molar-refractivity contribution in [3.05, 3.63) is 108 Å². The molecule has 3 aromatic carbocycles. The Morgan fingerprint density at radius 3 is 1.52 bits per heavy atom. The van der Waals surface area contributed by atoms with Crippen LogP contribution in [0.15, 0.2) is 91.0 Å². The van der Waals surface area contributed by atoms with Gasteiger partial charge in [-0.15, -0.1) is 0 Å². The van der Waals surface area contributed by atoms with Gasteiger partial charge >= 0.3 is 12.1 Å². The van der Waals surface area contributed by atoms with Crippen molar-refractivity contribution < 1.29 is 23.5 Å². The Morgan fingerprint density at radius 1 is 0.659 bits per heavy atom. The minimum absolute atomic E-state index is 0.0687. The minimum atomic E-state index is -2.69. The fourth-order valence-corrected chi connectivity index (χ4v) is 12.4. The van der Waals surface area contributed by atoms with E-state index in [9.17, 15) is 14.4 Å². The summed E-state index contributed by atoms with van der Waals surface area (Å²) in [5.74, 6) is -0.933. The van der Waals surface area contributed by atoms with Gasteiger partial charge < -0.3 is 19.8 Å². The van der Waals surface area contributed by atoms with Crippen molar-refractivity contribution in [1.82, 2.24) is 10.6 Å². The molecule has 0 aliphatic carbocycles. The number of benzene rings is 3. The number of hydrogen-bond acceptors (Lipinski definition) is 5. The smallest absolute Gasteiger partial charge is 0.408 e. The van der Waals surface area contributed by atoms with E-state index in [1.54, 1.807) is 0 Å². The molecule has 0 aromatic heterocycles. The fraction of sp³-hybridized carbons (Fsp3) is 0.417. The van der Waals surface area contributed by atoms with Crippen molar-refractivity contribution in [1.29, 1.82) is 0 Å². The molecule has 0 unspecified atom stereocenters. The second-order valence-corrected chi connectivity index (χ2v) is 18.6. The SMILES string of the molecule is CC(C)[Si](OC(=O)[C@H](Cc1ccccc1)NC(=O)[C@H](Cc1ccccc1)NC(=O)OCc1ccccc1)(C(C)C)C(C)(C)C. The maximum atomic E-state index is 14.1. The number of hydrogen-bond donors (Lipinski definition) is 2. The lowest BCUT2D eigenvalue weighted by atomic mass is 10.0. The Labute approximate surface area is 263 Å². The fourth-order valence-electron chi connectivity index (χ4n) is 6.31. The molecule has 0 spiro atoms. The third kappa shape index (κ3) is 9.29. The van der Waals surface area contributed by atoms with Crippen LogP contribution in [-0.4, -0.2) is 38.4 Å². The zero-order chi connectivity index (χ0) is 32.3. The summed E-state index contributed by atoms with van der Waals surface area (Å²) in [6.45, 7) is 15.0. The van der Waals surface area contributed by atoms with Crippen LogP contribution in [0.3, 0.4) is 0 Å². The normalized spacial score (nSPS) is 13.2. The lowest BCUT2D eigenvalue weighted by Gasteiger charge is -2.47. The maximum absolute atomic E-state index is 14.1. The number of ether oxygens (including phenoxy) is 1. The first-order valence-electron chi connectivity index (χ1n) is 15.4. The third-order valence-electron chi connectivity index (χ3n) is 8.14. The summed E-state index contributed by atoms with van der Waals surface area (Å²) in [6.07, 6.45) is -0.239. The molecule has 44 heavy (non-hydrogen) atoms. The summed E-state index contributed by atoms with van der Waals surface area (Å²) >= 11 is 0. The average Bonchev–Trinajstić information content (AvgIpc) is 2.98. The van der Waals surface area contributed by atoms with Gasteiger partial charge in [0.2, 0.25) is 5.91 Å². The van der Waals surface area contributed by atoms with E-state index in [0.29, 0.717) is 0 Å². The van der Waals surface area contributed by atoms with Crippen molar-refractivity contribution in [2.24, 2.45) is 0 Å². The highest BCUT2D eigenvalue weighted by atomic mass is 28.4. The third-order valence-corrected chi connectivity index (χ3v) is 14.5. The van der Waals surface area contributed by atoms with Crippen molar-refractivity contribution in [2.45, 2.75) is 96.1 Å². The van der Waals surface area contributed by atoms with Gasteiger partial charge in [0.1, 0.15) is 18.7 Å². The number of carbonyl (C=O) groups is 3. The topological polar surface area (TPSA) is 93.7 Å². The molecule has 2 N–H and O–H groups in total. The Bertz CT molecular complexity index is 1330. The average molecular weight is 617 g/mol. The highest BCUT2D eigenvalue weighted by Gasteiger charge is 2.55. The zero-order valence-electron chi connectivity index (χ0n) is 27.1. The molecule has 0 aliphatic heterocycles. The Hall–Kier alpha value is -3.91. The predicted octanol–water partition coefficient (Wildman–Crippen LogP) is 7.36. The van der Waals surface area contributed by atoms with Gasteiger partial charge in [0.25, 0.3) is 8.32 Å². The summed E-state index contributed by atoms with van der Waals surface area (Å²) in [7, 11) is -2.69. The van der Waals surface area contributed by atoms with E-state index in [4.69, 9.17) is 9.16 Å². The van der Waals surface area contributed by atoms with E-state index in [0.717, 1.165) is 16.7 Å². The molecule has 0 fully saturated rings. The van der Waals surface area contributed by atoms with Crippen molar-refractivity contribution in [3.8, 4) is 0 Å². The van der Waals surface area contributed by atoms with Crippen LogP contribution in [0.1, 0.15) is 65.2 Å². The summed E-state index contributed by atoms with van der Waals surface area (Å²) in [5, 5.41) is 5.46. The summed E-state index contributed by atoms with van der Waals surface area (Å²) in [5.41, 5.74) is 2.90. The molecule has 0 saturated carbocycles. The summed E-state index contributed by atoms with van der Waals surface area (Å²) in [4.78, 5) is 40.9. The highest BCUT2D eigenvalue weighted by molar-refractivity contribution is 6.80. The van der Waals surface area contributed by atoms with E-state index in [1.807, 2.05) is 91.0 Å². The van der Waals surface area contributed by atoms with Gasteiger partial charge in [0.05, 0.1) is 0 Å². The molecule has 3 aromatic rings. The van der Waals surface area contributed by atoms with Gasteiger partial charge in [-0.25, -0.2) is 4.79 Å². The molecule has 7 nitrogen and oxygen atoms in total. The second kappa shape index (κ2) is 15.7. The summed E-state index contributed by atoms with van der Waals surface area (Å²) in [6, 6.07) is 26.4. The number of rotatable bonds is 13.